The second kappa shape index (κ2) is 7.27. The zero-order valence-corrected chi connectivity index (χ0v) is 15.7. The molecule has 0 amide bonds. The molecule has 0 bridgehead atoms. The molecular formula is C19H11Cl2F6NO. The number of alkyl halides is 6. The number of H-pyrrole nitrogens is 1. The van der Waals surface area contributed by atoms with Gasteiger partial charge in [0.05, 0.1) is 11.4 Å². The maximum absolute atomic E-state index is 13.3. The lowest BCUT2D eigenvalue weighted by Gasteiger charge is -2.31. The molecule has 3 rings (SSSR count). The third-order valence-corrected chi connectivity index (χ3v) is 4.82. The first kappa shape index (κ1) is 21.5. The van der Waals surface area contributed by atoms with E-state index in [1.54, 1.807) is 0 Å². The van der Waals surface area contributed by atoms with Crippen LogP contribution in [0.1, 0.15) is 5.69 Å². The molecule has 0 saturated heterocycles. The van der Waals surface area contributed by atoms with Crippen LogP contribution in [0.5, 0.6) is 0 Å². The minimum atomic E-state index is -6.01. The summed E-state index contributed by atoms with van der Waals surface area (Å²) in [4.78, 5) is 2.12. The quantitative estimate of drug-likeness (QED) is 0.412. The summed E-state index contributed by atoms with van der Waals surface area (Å²) >= 11 is 11.6. The van der Waals surface area contributed by atoms with Gasteiger partial charge < -0.3 is 10.1 Å². The van der Waals surface area contributed by atoms with Gasteiger partial charge in [0.2, 0.25) is 0 Å². The lowest BCUT2D eigenvalue weighted by atomic mass is 9.96. The van der Waals surface area contributed by atoms with E-state index in [4.69, 9.17) is 23.2 Å². The van der Waals surface area contributed by atoms with Crippen LogP contribution in [-0.2, 0) is 5.60 Å². The number of aromatic nitrogens is 1. The summed E-state index contributed by atoms with van der Waals surface area (Å²) in [7, 11) is 0. The molecule has 0 fully saturated rings. The van der Waals surface area contributed by atoms with Crippen LogP contribution >= 0.6 is 23.2 Å². The molecule has 2 aromatic carbocycles. The van der Waals surface area contributed by atoms with Crippen molar-refractivity contribution in [1.82, 2.24) is 4.98 Å². The molecule has 2 N–H and O–H groups in total. The monoisotopic (exact) mass is 453 g/mol. The van der Waals surface area contributed by atoms with Crippen molar-refractivity contribution in [1.29, 1.82) is 0 Å². The molecule has 0 atom stereocenters. The van der Waals surface area contributed by atoms with Gasteiger partial charge in [-0.2, -0.15) is 26.3 Å². The maximum Gasteiger partial charge on any atom is 0.432 e. The van der Waals surface area contributed by atoms with Crippen LogP contribution in [0.3, 0.4) is 0 Å². The van der Waals surface area contributed by atoms with E-state index in [0.29, 0.717) is 21.7 Å². The summed E-state index contributed by atoms with van der Waals surface area (Å²) in [6, 6.07) is 12.1. The Morgan fingerprint density at radius 2 is 1.10 bits per heavy atom. The van der Waals surface area contributed by atoms with Gasteiger partial charge in [-0.05, 0) is 41.5 Å². The van der Waals surface area contributed by atoms with Crippen LogP contribution in [0.25, 0.3) is 22.4 Å². The van der Waals surface area contributed by atoms with Crippen molar-refractivity contribution >= 4 is 23.2 Å². The molecule has 1 aromatic heterocycles. The fourth-order valence-electron chi connectivity index (χ4n) is 2.82. The predicted octanol–water partition coefficient (Wildman–Crippen LogP) is 6.97. The van der Waals surface area contributed by atoms with Crippen LogP contribution in [0.15, 0.2) is 54.6 Å². The predicted molar refractivity (Wildman–Crippen MR) is 97.7 cm³/mol. The van der Waals surface area contributed by atoms with Crippen molar-refractivity contribution in [3.63, 3.8) is 0 Å². The summed E-state index contributed by atoms with van der Waals surface area (Å²) in [6.45, 7) is 0. The number of nitrogens with one attached hydrogen (secondary N) is 1. The summed E-state index contributed by atoms with van der Waals surface area (Å²) < 4.78 is 79.9. The van der Waals surface area contributed by atoms with Gasteiger partial charge in [-0.15, -0.1) is 0 Å². The molecule has 0 saturated carbocycles. The number of aliphatic hydroxyl groups is 1. The molecule has 0 aliphatic rings. The number of aromatic amines is 1. The number of benzene rings is 2. The van der Waals surface area contributed by atoms with Gasteiger partial charge in [-0.1, -0.05) is 47.5 Å². The second-order valence-electron chi connectivity index (χ2n) is 6.19. The van der Waals surface area contributed by atoms with Crippen LogP contribution in [0.2, 0.25) is 10.0 Å². The molecule has 0 aliphatic heterocycles. The van der Waals surface area contributed by atoms with Gasteiger partial charge in [0.15, 0.2) is 0 Å². The SMILES string of the molecule is OC(c1cc(-c2ccc(Cl)cc2)c(-c2ccc(Cl)cc2)[nH]1)(C(F)(F)F)C(F)(F)F. The Kier molecular flexibility index (Phi) is 5.40. The fraction of sp³-hybridized carbons (Fsp3) is 0.158. The highest BCUT2D eigenvalue weighted by atomic mass is 35.5. The van der Waals surface area contributed by atoms with Crippen LogP contribution in [0, 0.1) is 0 Å². The number of halogens is 8. The van der Waals surface area contributed by atoms with E-state index in [-0.39, 0.29) is 16.8 Å². The van der Waals surface area contributed by atoms with Gasteiger partial charge >= 0.3 is 12.4 Å². The highest BCUT2D eigenvalue weighted by Crippen LogP contribution is 2.51. The molecule has 29 heavy (non-hydrogen) atoms. The van der Waals surface area contributed by atoms with Crippen molar-refractivity contribution in [3.8, 4) is 22.4 Å². The van der Waals surface area contributed by atoms with E-state index in [2.05, 4.69) is 4.98 Å². The number of rotatable bonds is 3. The van der Waals surface area contributed by atoms with Crippen molar-refractivity contribution in [3.05, 3.63) is 70.3 Å². The highest BCUT2D eigenvalue weighted by Gasteiger charge is 2.72. The van der Waals surface area contributed by atoms with Gasteiger partial charge in [0.1, 0.15) is 0 Å². The van der Waals surface area contributed by atoms with Crippen molar-refractivity contribution in [2.75, 3.05) is 0 Å². The third kappa shape index (κ3) is 3.84. The largest absolute Gasteiger partial charge is 0.432 e. The summed E-state index contributed by atoms with van der Waals surface area (Å²) in [5.41, 5.74) is -5.98. The van der Waals surface area contributed by atoms with Crippen LogP contribution in [0.4, 0.5) is 26.3 Å². The Morgan fingerprint density at radius 3 is 1.52 bits per heavy atom. The second-order valence-corrected chi connectivity index (χ2v) is 7.06. The maximum atomic E-state index is 13.3. The lowest BCUT2D eigenvalue weighted by Crippen LogP contribution is -2.54. The molecule has 3 aromatic rings. The molecule has 0 spiro atoms. The van der Waals surface area contributed by atoms with E-state index >= 15 is 0 Å². The molecule has 2 nitrogen and oxygen atoms in total. The summed E-state index contributed by atoms with van der Waals surface area (Å²) in [5.74, 6) is 0. The lowest BCUT2D eigenvalue weighted by molar-refractivity contribution is -0.377. The first-order chi connectivity index (χ1) is 13.3. The Labute approximate surface area is 170 Å². The van der Waals surface area contributed by atoms with E-state index in [1.165, 1.54) is 48.5 Å². The zero-order chi connectivity index (χ0) is 21.6. The average molecular weight is 454 g/mol. The Hall–Kier alpha value is -2.16. The number of hydrogen-bond acceptors (Lipinski definition) is 1. The topological polar surface area (TPSA) is 36.0 Å². The molecule has 10 heteroatoms. The van der Waals surface area contributed by atoms with E-state index < -0.39 is 23.6 Å². The normalized spacial score (nSPS) is 13.0. The fourth-order valence-corrected chi connectivity index (χ4v) is 3.07. The van der Waals surface area contributed by atoms with Crippen molar-refractivity contribution in [2.24, 2.45) is 0 Å². The van der Waals surface area contributed by atoms with E-state index in [1.807, 2.05) is 0 Å². The standard InChI is InChI=1S/C19H11Cl2F6NO/c20-12-5-1-10(2-6-12)14-9-15(17(29,18(22,23)24)19(25,26)27)28-16(14)11-3-7-13(21)8-4-11/h1-9,28-29H. The molecule has 0 aliphatic carbocycles. The minimum absolute atomic E-state index is 0.0194. The molecule has 154 valence electrons. The third-order valence-electron chi connectivity index (χ3n) is 4.32. The average Bonchev–Trinajstić information content (AvgIpc) is 3.06. The van der Waals surface area contributed by atoms with Gasteiger partial charge in [-0.25, -0.2) is 0 Å². The minimum Gasteiger partial charge on any atom is -0.368 e. The van der Waals surface area contributed by atoms with Crippen molar-refractivity contribution in [2.45, 2.75) is 18.0 Å². The van der Waals surface area contributed by atoms with Crippen molar-refractivity contribution < 1.29 is 31.4 Å². The molecule has 0 unspecified atom stereocenters. The first-order valence-corrected chi connectivity index (χ1v) is 8.71. The Bertz CT molecular complexity index is 930. The Balaban J connectivity index is 2.29. The van der Waals surface area contributed by atoms with Gasteiger partial charge in [0, 0.05) is 15.6 Å². The first-order valence-electron chi connectivity index (χ1n) is 7.96. The van der Waals surface area contributed by atoms with Crippen LogP contribution in [-0.4, -0.2) is 22.4 Å². The number of hydrogen-bond donors (Lipinski definition) is 2. The summed E-state index contributed by atoms with van der Waals surface area (Å²) in [5, 5.41) is 10.4. The van der Waals surface area contributed by atoms with E-state index in [9.17, 15) is 31.4 Å². The highest BCUT2D eigenvalue weighted by molar-refractivity contribution is 6.31. The molecule has 0 radical (unpaired) electrons. The van der Waals surface area contributed by atoms with Crippen LogP contribution < -0.4 is 0 Å². The Morgan fingerprint density at radius 1 is 0.690 bits per heavy atom. The molecule has 1 heterocycles. The smallest absolute Gasteiger partial charge is 0.368 e. The van der Waals surface area contributed by atoms with E-state index in [0.717, 1.165) is 0 Å². The van der Waals surface area contributed by atoms with Gasteiger partial charge in [-0.3, -0.25) is 0 Å². The zero-order valence-electron chi connectivity index (χ0n) is 14.2. The molecular weight excluding hydrogens is 443 g/mol. The van der Waals surface area contributed by atoms with Gasteiger partial charge in [0.25, 0.3) is 5.60 Å². The summed E-state index contributed by atoms with van der Waals surface area (Å²) in [6.07, 6.45) is -12.0.